The number of hydrogen-bond donors (Lipinski definition) is 3. The molecule has 0 aromatic heterocycles. The Balaban J connectivity index is 1.72. The summed E-state index contributed by atoms with van der Waals surface area (Å²) in [5.74, 6) is -0.0241. The van der Waals surface area contributed by atoms with E-state index in [1.807, 2.05) is 35.6 Å². The SMILES string of the molecule is C[C@@H]([NH2+]CC(=O)NCCc1ccc(S(N)(=O)=O)cc1)c1ccccc1. The highest BCUT2D eigenvalue weighted by Gasteiger charge is 2.11. The monoisotopic (exact) mass is 362 g/mol. The van der Waals surface area contributed by atoms with Gasteiger partial charge in [-0.1, -0.05) is 42.5 Å². The summed E-state index contributed by atoms with van der Waals surface area (Å²) in [7, 11) is -3.67. The Bertz CT molecular complexity index is 790. The van der Waals surface area contributed by atoms with E-state index < -0.39 is 10.0 Å². The molecule has 0 heterocycles. The van der Waals surface area contributed by atoms with Crippen LogP contribution in [0.25, 0.3) is 0 Å². The standard InChI is InChI=1S/C18H23N3O3S/c1-14(16-5-3-2-4-6-16)21-13-18(22)20-12-11-15-7-9-17(10-8-15)25(19,23)24/h2-10,14,21H,11-13H2,1H3,(H,20,22)(H2,19,23,24)/p+1/t14-/m1/s1. The summed E-state index contributed by atoms with van der Waals surface area (Å²) in [6.07, 6.45) is 0.630. The van der Waals surface area contributed by atoms with Crippen LogP contribution in [0.1, 0.15) is 24.1 Å². The first-order chi connectivity index (χ1) is 11.9. The molecular weight excluding hydrogens is 338 g/mol. The molecule has 0 aliphatic carbocycles. The molecule has 0 unspecified atom stereocenters. The number of sulfonamides is 1. The number of carbonyl (C=O) groups excluding carboxylic acids is 1. The van der Waals surface area contributed by atoms with Gasteiger partial charge in [0.15, 0.2) is 6.54 Å². The highest BCUT2D eigenvalue weighted by atomic mass is 32.2. The second kappa shape index (κ2) is 8.75. The molecule has 0 saturated heterocycles. The summed E-state index contributed by atoms with van der Waals surface area (Å²) in [5.41, 5.74) is 2.12. The van der Waals surface area contributed by atoms with Crippen LogP contribution < -0.4 is 15.8 Å². The maximum Gasteiger partial charge on any atom is 0.275 e. The predicted molar refractivity (Wildman–Crippen MR) is 96.2 cm³/mol. The molecule has 2 rings (SSSR count). The summed E-state index contributed by atoms with van der Waals surface area (Å²) in [5, 5.41) is 9.92. The first kappa shape index (κ1) is 19.1. The van der Waals surface area contributed by atoms with Gasteiger partial charge >= 0.3 is 0 Å². The van der Waals surface area contributed by atoms with Crippen LogP contribution in [0.4, 0.5) is 0 Å². The number of amides is 1. The first-order valence-corrected chi connectivity index (χ1v) is 9.67. The molecule has 0 bridgehead atoms. The largest absolute Gasteiger partial charge is 0.351 e. The van der Waals surface area contributed by atoms with Crippen LogP contribution in [0, 0.1) is 0 Å². The van der Waals surface area contributed by atoms with Gasteiger partial charge in [0.05, 0.1) is 4.90 Å². The summed E-state index contributed by atoms with van der Waals surface area (Å²) < 4.78 is 22.4. The third-order valence-corrected chi connectivity index (χ3v) is 4.90. The Morgan fingerprint density at radius 2 is 1.76 bits per heavy atom. The number of quaternary nitrogens is 1. The van der Waals surface area contributed by atoms with E-state index in [4.69, 9.17) is 5.14 Å². The van der Waals surface area contributed by atoms with Crippen LogP contribution in [0.2, 0.25) is 0 Å². The zero-order valence-corrected chi connectivity index (χ0v) is 15.0. The second-order valence-corrected chi connectivity index (χ2v) is 7.49. The minimum absolute atomic E-state index is 0.0241. The quantitative estimate of drug-likeness (QED) is 0.629. The second-order valence-electron chi connectivity index (χ2n) is 5.93. The first-order valence-electron chi connectivity index (χ1n) is 8.13. The summed E-state index contributed by atoms with van der Waals surface area (Å²) >= 11 is 0. The van der Waals surface area contributed by atoms with Crippen LogP contribution in [0.5, 0.6) is 0 Å². The lowest BCUT2D eigenvalue weighted by Crippen LogP contribution is -2.87. The van der Waals surface area contributed by atoms with Crippen molar-refractivity contribution in [1.29, 1.82) is 0 Å². The van der Waals surface area contributed by atoms with Gasteiger partial charge in [0.1, 0.15) is 6.04 Å². The van der Waals surface area contributed by atoms with Gasteiger partial charge in [-0.25, -0.2) is 13.6 Å². The average molecular weight is 362 g/mol. The zero-order valence-electron chi connectivity index (χ0n) is 14.2. The number of primary sulfonamides is 1. The molecule has 1 atom stereocenters. The van der Waals surface area contributed by atoms with E-state index in [1.54, 1.807) is 12.1 Å². The summed E-state index contributed by atoms with van der Waals surface area (Å²) in [6.45, 7) is 2.93. The van der Waals surface area contributed by atoms with E-state index in [0.717, 1.165) is 5.56 Å². The van der Waals surface area contributed by atoms with Crippen molar-refractivity contribution in [1.82, 2.24) is 5.32 Å². The van der Waals surface area contributed by atoms with Crippen LogP contribution in [0.15, 0.2) is 59.5 Å². The Labute approximate surface area is 148 Å². The lowest BCUT2D eigenvalue weighted by Gasteiger charge is -2.11. The van der Waals surface area contributed by atoms with Gasteiger partial charge in [0.2, 0.25) is 10.0 Å². The molecule has 1 amide bonds. The van der Waals surface area contributed by atoms with Crippen LogP contribution in [0.3, 0.4) is 0 Å². The van der Waals surface area contributed by atoms with Crippen molar-refractivity contribution in [3.63, 3.8) is 0 Å². The van der Waals surface area contributed by atoms with E-state index in [-0.39, 0.29) is 16.8 Å². The summed E-state index contributed by atoms with van der Waals surface area (Å²) in [4.78, 5) is 12.0. The molecule has 2 aromatic carbocycles. The van der Waals surface area contributed by atoms with Gasteiger partial charge in [0, 0.05) is 12.1 Å². The van der Waals surface area contributed by atoms with E-state index in [2.05, 4.69) is 12.2 Å². The van der Waals surface area contributed by atoms with Crippen molar-refractivity contribution in [2.75, 3.05) is 13.1 Å². The highest BCUT2D eigenvalue weighted by Crippen LogP contribution is 2.09. The van der Waals surface area contributed by atoms with Gasteiger partial charge in [-0.15, -0.1) is 0 Å². The number of carbonyl (C=O) groups is 1. The number of rotatable bonds is 8. The smallest absolute Gasteiger partial charge is 0.275 e. The average Bonchev–Trinajstić information content (AvgIpc) is 2.60. The van der Waals surface area contributed by atoms with Crippen molar-refractivity contribution in [2.24, 2.45) is 5.14 Å². The van der Waals surface area contributed by atoms with Crippen LogP contribution in [-0.2, 0) is 21.2 Å². The lowest BCUT2D eigenvalue weighted by molar-refractivity contribution is -0.682. The number of hydrogen-bond acceptors (Lipinski definition) is 3. The molecule has 5 N–H and O–H groups in total. The molecule has 134 valence electrons. The van der Waals surface area contributed by atoms with E-state index in [0.29, 0.717) is 19.5 Å². The fraction of sp³-hybridized carbons (Fsp3) is 0.278. The molecular formula is C18H24N3O3S+. The maximum atomic E-state index is 11.9. The maximum absolute atomic E-state index is 11.9. The van der Waals surface area contributed by atoms with Gasteiger partial charge in [-0.2, -0.15) is 0 Å². The summed E-state index contributed by atoms with van der Waals surface area (Å²) in [6, 6.07) is 16.6. The third-order valence-electron chi connectivity index (χ3n) is 3.97. The highest BCUT2D eigenvalue weighted by molar-refractivity contribution is 7.89. The van der Waals surface area contributed by atoms with Gasteiger partial charge in [0.25, 0.3) is 5.91 Å². The molecule has 6 nitrogen and oxygen atoms in total. The molecule has 0 aliphatic heterocycles. The molecule has 0 aliphatic rings. The third kappa shape index (κ3) is 6.30. The normalized spacial score (nSPS) is 12.6. The Hall–Kier alpha value is -2.22. The van der Waals surface area contributed by atoms with Crippen LogP contribution in [-0.4, -0.2) is 27.4 Å². The van der Waals surface area contributed by atoms with Crippen molar-refractivity contribution in [3.05, 3.63) is 65.7 Å². The van der Waals surface area contributed by atoms with E-state index in [1.165, 1.54) is 17.7 Å². The zero-order chi connectivity index (χ0) is 18.3. The molecule has 0 saturated carbocycles. The number of benzene rings is 2. The molecule has 0 spiro atoms. The Morgan fingerprint density at radius 3 is 2.36 bits per heavy atom. The molecule has 25 heavy (non-hydrogen) atoms. The number of nitrogens with one attached hydrogen (secondary N) is 1. The van der Waals surface area contributed by atoms with E-state index >= 15 is 0 Å². The fourth-order valence-corrected chi connectivity index (χ4v) is 2.96. The topological polar surface area (TPSA) is 106 Å². The molecule has 2 aromatic rings. The van der Waals surface area contributed by atoms with E-state index in [9.17, 15) is 13.2 Å². The minimum atomic E-state index is -3.67. The van der Waals surface area contributed by atoms with Gasteiger partial charge < -0.3 is 10.6 Å². The van der Waals surface area contributed by atoms with Crippen molar-refractivity contribution in [2.45, 2.75) is 24.3 Å². The van der Waals surface area contributed by atoms with Crippen molar-refractivity contribution < 1.29 is 18.5 Å². The Kier molecular flexibility index (Phi) is 6.69. The molecule has 0 radical (unpaired) electrons. The van der Waals surface area contributed by atoms with Crippen LogP contribution >= 0.6 is 0 Å². The number of nitrogens with two attached hydrogens (primary N) is 2. The van der Waals surface area contributed by atoms with Gasteiger partial charge in [-0.05, 0) is 31.0 Å². The Morgan fingerprint density at radius 1 is 1.12 bits per heavy atom. The molecule has 0 fully saturated rings. The van der Waals surface area contributed by atoms with Gasteiger partial charge in [-0.3, -0.25) is 4.79 Å². The molecule has 7 heteroatoms. The minimum Gasteiger partial charge on any atom is -0.351 e. The lowest BCUT2D eigenvalue weighted by atomic mass is 10.1. The predicted octanol–water partition coefficient (Wildman–Crippen LogP) is 0.317. The van der Waals surface area contributed by atoms with Crippen molar-refractivity contribution in [3.8, 4) is 0 Å². The fourth-order valence-electron chi connectivity index (χ4n) is 2.44. The van der Waals surface area contributed by atoms with Crippen molar-refractivity contribution >= 4 is 15.9 Å².